The van der Waals surface area contributed by atoms with Gasteiger partial charge in [-0.05, 0) is 57.0 Å². The number of para-hydroxylation sites is 1. The second kappa shape index (κ2) is 12.2. The van der Waals surface area contributed by atoms with Crippen molar-refractivity contribution in [3.63, 3.8) is 0 Å². The van der Waals surface area contributed by atoms with Gasteiger partial charge in [-0.2, -0.15) is 8.42 Å². The van der Waals surface area contributed by atoms with Crippen LogP contribution >= 0.6 is 0 Å². The minimum atomic E-state index is -4.20. The highest BCUT2D eigenvalue weighted by atomic mass is 32.2. The van der Waals surface area contributed by atoms with Crippen molar-refractivity contribution in [1.82, 2.24) is 19.5 Å². The normalized spacial score (nSPS) is 15.3. The second-order valence-corrected chi connectivity index (χ2v) is 14.2. The van der Waals surface area contributed by atoms with Gasteiger partial charge in [0.15, 0.2) is 0 Å². The Hall–Kier alpha value is -3.75. The fourth-order valence-electron chi connectivity index (χ4n) is 4.46. The Balaban J connectivity index is 1.44. The molecular weight excluding hydrogens is 584 g/mol. The number of aromatic nitrogens is 1. The van der Waals surface area contributed by atoms with Crippen LogP contribution in [0.25, 0.3) is 10.9 Å². The fourth-order valence-corrected chi connectivity index (χ4v) is 6.27. The number of hydrogen-bond acceptors (Lipinski definition) is 9. The van der Waals surface area contributed by atoms with Gasteiger partial charge < -0.3 is 18.7 Å². The van der Waals surface area contributed by atoms with Gasteiger partial charge in [-0.3, -0.25) is 9.78 Å². The zero-order valence-electron chi connectivity index (χ0n) is 23.8. The molecule has 0 spiro atoms. The molecule has 12 nitrogen and oxygen atoms in total. The van der Waals surface area contributed by atoms with E-state index in [1.54, 1.807) is 57.2 Å². The average Bonchev–Trinajstić information content (AvgIpc) is 2.91. The Morgan fingerprint density at radius 3 is 2.17 bits per heavy atom. The summed E-state index contributed by atoms with van der Waals surface area (Å²) in [6, 6.07) is 13.1. The van der Waals surface area contributed by atoms with E-state index in [2.05, 4.69) is 9.71 Å². The maximum Gasteiger partial charge on any atom is 0.410 e. The van der Waals surface area contributed by atoms with Gasteiger partial charge in [-0.1, -0.05) is 30.3 Å². The fraction of sp³-hybridized carbons (Fsp3) is 0.393. The Labute approximate surface area is 245 Å². The van der Waals surface area contributed by atoms with Crippen LogP contribution in [0.3, 0.4) is 0 Å². The van der Waals surface area contributed by atoms with E-state index >= 15 is 0 Å². The molecule has 1 aliphatic rings. The number of piperazine rings is 1. The molecule has 0 saturated carbocycles. The van der Waals surface area contributed by atoms with Crippen LogP contribution in [0.1, 0.15) is 26.3 Å². The summed E-state index contributed by atoms with van der Waals surface area (Å²) in [6.45, 7) is 6.24. The van der Waals surface area contributed by atoms with Crippen LogP contribution in [0.15, 0.2) is 65.7 Å². The highest BCUT2D eigenvalue weighted by Crippen LogP contribution is 2.25. The standard InChI is InChI=1S/C28H34N4O8S2/c1-28(2,3)39-27(34)32-17-15-31(16-18-32)26(33)23(30-41(4,35)36)19-20-10-12-22(13-11-20)40-42(37,38)24-9-5-7-21-8-6-14-29-25(21)24/h5-14,23,30H,15-19H2,1-4H3/t23-/m0/s1. The van der Waals surface area contributed by atoms with Gasteiger partial charge in [-0.25, -0.2) is 17.9 Å². The molecule has 42 heavy (non-hydrogen) atoms. The lowest BCUT2D eigenvalue weighted by Crippen LogP contribution is -2.56. The van der Waals surface area contributed by atoms with Gasteiger partial charge >= 0.3 is 16.2 Å². The summed E-state index contributed by atoms with van der Waals surface area (Å²) >= 11 is 0. The minimum absolute atomic E-state index is 0.0124. The molecular formula is C28H34N4O8S2. The molecule has 1 aromatic heterocycles. The molecule has 1 aliphatic heterocycles. The summed E-state index contributed by atoms with van der Waals surface area (Å²) in [5.41, 5.74) is 0.220. The predicted octanol–water partition coefficient (Wildman–Crippen LogP) is 2.54. The number of sulfonamides is 1. The van der Waals surface area contributed by atoms with Crippen LogP contribution in [-0.2, 0) is 36.1 Å². The minimum Gasteiger partial charge on any atom is -0.444 e. The van der Waals surface area contributed by atoms with E-state index in [0.717, 1.165) is 6.26 Å². The van der Waals surface area contributed by atoms with E-state index in [-0.39, 0.29) is 48.8 Å². The smallest absolute Gasteiger partial charge is 0.410 e. The molecule has 1 fully saturated rings. The molecule has 0 unspecified atom stereocenters. The maximum absolute atomic E-state index is 13.4. The van der Waals surface area contributed by atoms with E-state index in [4.69, 9.17) is 8.92 Å². The van der Waals surface area contributed by atoms with Crippen LogP contribution in [0.2, 0.25) is 0 Å². The van der Waals surface area contributed by atoms with Crippen LogP contribution < -0.4 is 8.91 Å². The molecule has 0 radical (unpaired) electrons. The van der Waals surface area contributed by atoms with Crippen molar-refractivity contribution in [2.45, 2.75) is 43.7 Å². The van der Waals surface area contributed by atoms with Crippen molar-refractivity contribution in [2.24, 2.45) is 0 Å². The summed E-state index contributed by atoms with van der Waals surface area (Å²) in [5, 5.41) is 0.651. The van der Waals surface area contributed by atoms with Crippen LogP contribution in [-0.4, -0.2) is 87.7 Å². The molecule has 1 saturated heterocycles. The highest BCUT2D eigenvalue weighted by molar-refractivity contribution is 7.88. The van der Waals surface area contributed by atoms with Crippen LogP contribution in [0.4, 0.5) is 4.79 Å². The lowest BCUT2D eigenvalue weighted by Gasteiger charge is -2.37. The van der Waals surface area contributed by atoms with Crippen molar-refractivity contribution < 1.29 is 35.3 Å². The van der Waals surface area contributed by atoms with Crippen molar-refractivity contribution in [1.29, 1.82) is 0 Å². The van der Waals surface area contributed by atoms with Crippen LogP contribution in [0, 0.1) is 0 Å². The molecule has 1 N–H and O–H groups in total. The third kappa shape index (κ3) is 8.17. The molecule has 2 heterocycles. The molecule has 0 aliphatic carbocycles. The summed E-state index contributed by atoms with van der Waals surface area (Å²) in [5.74, 6) is -0.389. The van der Waals surface area contributed by atoms with Crippen molar-refractivity contribution >= 4 is 43.0 Å². The first-order chi connectivity index (χ1) is 19.6. The van der Waals surface area contributed by atoms with Gasteiger partial charge in [0.05, 0.1) is 11.8 Å². The summed E-state index contributed by atoms with van der Waals surface area (Å²) in [4.78, 5) is 32.8. The number of hydrogen-bond donors (Lipinski definition) is 1. The Morgan fingerprint density at radius 1 is 0.929 bits per heavy atom. The van der Waals surface area contributed by atoms with Crippen molar-refractivity contribution in [3.8, 4) is 5.75 Å². The number of benzene rings is 2. The molecule has 14 heteroatoms. The van der Waals surface area contributed by atoms with E-state index in [0.29, 0.717) is 10.9 Å². The summed E-state index contributed by atoms with van der Waals surface area (Å²) in [6.07, 6.45) is 2.01. The highest BCUT2D eigenvalue weighted by Gasteiger charge is 2.32. The monoisotopic (exact) mass is 618 g/mol. The molecule has 2 amide bonds. The zero-order valence-corrected chi connectivity index (χ0v) is 25.4. The molecule has 1 atom stereocenters. The number of carbonyl (C=O) groups is 2. The van der Waals surface area contributed by atoms with E-state index in [1.165, 1.54) is 34.2 Å². The molecule has 226 valence electrons. The lowest BCUT2D eigenvalue weighted by molar-refractivity contribution is -0.134. The summed E-state index contributed by atoms with van der Waals surface area (Å²) < 4.78 is 63.3. The van der Waals surface area contributed by atoms with Gasteiger partial charge in [0, 0.05) is 37.8 Å². The second-order valence-electron chi connectivity index (χ2n) is 11.0. The number of nitrogens with zero attached hydrogens (tertiary/aromatic N) is 3. The van der Waals surface area contributed by atoms with Gasteiger partial charge in [0.2, 0.25) is 15.9 Å². The largest absolute Gasteiger partial charge is 0.444 e. The Bertz CT molecular complexity index is 1660. The predicted molar refractivity (Wildman–Crippen MR) is 156 cm³/mol. The number of ether oxygens (including phenoxy) is 1. The third-order valence-electron chi connectivity index (χ3n) is 6.33. The van der Waals surface area contributed by atoms with Crippen molar-refractivity contribution in [3.05, 3.63) is 66.4 Å². The van der Waals surface area contributed by atoms with Gasteiger partial charge in [-0.15, -0.1) is 0 Å². The topological polar surface area (TPSA) is 152 Å². The Kier molecular flexibility index (Phi) is 9.09. The molecule has 3 aromatic rings. The first kappa shape index (κ1) is 31.2. The Morgan fingerprint density at radius 2 is 1.55 bits per heavy atom. The molecule has 0 bridgehead atoms. The molecule has 4 rings (SSSR count). The van der Waals surface area contributed by atoms with Gasteiger partial charge in [0.25, 0.3) is 0 Å². The number of amides is 2. The lowest BCUT2D eigenvalue weighted by atomic mass is 10.0. The quantitative estimate of drug-likeness (QED) is 0.376. The number of carbonyl (C=O) groups excluding carboxylic acids is 2. The zero-order chi connectivity index (χ0) is 30.7. The number of pyridine rings is 1. The molecule has 2 aromatic carbocycles. The third-order valence-corrected chi connectivity index (χ3v) is 8.32. The van der Waals surface area contributed by atoms with Crippen LogP contribution in [0.5, 0.6) is 5.75 Å². The average molecular weight is 619 g/mol. The van der Waals surface area contributed by atoms with E-state index in [9.17, 15) is 26.4 Å². The van der Waals surface area contributed by atoms with Crippen molar-refractivity contribution in [2.75, 3.05) is 32.4 Å². The first-order valence-electron chi connectivity index (χ1n) is 13.2. The number of rotatable bonds is 8. The van der Waals surface area contributed by atoms with E-state index in [1.807, 2.05) is 0 Å². The van der Waals surface area contributed by atoms with Gasteiger partial charge in [0.1, 0.15) is 22.3 Å². The number of fused-ring (bicyclic) bond motifs is 1. The first-order valence-corrected chi connectivity index (χ1v) is 16.5. The SMILES string of the molecule is CC(C)(C)OC(=O)N1CCN(C(=O)[C@H](Cc2ccc(OS(=O)(=O)c3cccc4cccnc34)cc2)NS(C)(=O)=O)CC1. The number of nitrogens with one attached hydrogen (secondary N) is 1. The summed E-state index contributed by atoms with van der Waals surface area (Å²) in [7, 11) is -7.95. The van der Waals surface area contributed by atoms with E-state index < -0.39 is 43.8 Å². The maximum atomic E-state index is 13.4.